The predicted molar refractivity (Wildman–Crippen MR) is 68.6 cm³/mol. The Balaban J connectivity index is 2.19. The van der Waals surface area contributed by atoms with E-state index in [1.54, 1.807) is 0 Å². The molecule has 16 heavy (non-hydrogen) atoms. The lowest BCUT2D eigenvalue weighted by molar-refractivity contribution is 0.110. The van der Waals surface area contributed by atoms with Crippen molar-refractivity contribution in [3.8, 4) is 0 Å². The van der Waals surface area contributed by atoms with Crippen LogP contribution in [0.3, 0.4) is 0 Å². The molecule has 0 atom stereocenters. The maximum absolute atomic E-state index is 5.94. The van der Waals surface area contributed by atoms with E-state index in [-0.39, 0.29) is 0 Å². The summed E-state index contributed by atoms with van der Waals surface area (Å²) in [6, 6.07) is 1.23. The van der Waals surface area contributed by atoms with Gasteiger partial charge in [0.1, 0.15) is 0 Å². The Labute approximate surface area is 100 Å². The first kappa shape index (κ1) is 13.9. The average molecular weight is 228 g/mol. The molecular weight excluding hydrogens is 200 g/mol. The summed E-state index contributed by atoms with van der Waals surface area (Å²) in [5.41, 5.74) is 5.94. The topological polar surface area (TPSA) is 38.5 Å². The number of nitrogens with zero attached hydrogens (tertiary/aromatic N) is 1. The first-order valence-corrected chi connectivity index (χ1v) is 6.85. The molecule has 1 saturated carbocycles. The van der Waals surface area contributed by atoms with Crippen LogP contribution in [0.15, 0.2) is 0 Å². The smallest absolute Gasteiger partial charge is 0.0478 e. The van der Waals surface area contributed by atoms with E-state index in [0.717, 1.165) is 32.2 Å². The Morgan fingerprint density at radius 1 is 1.19 bits per heavy atom. The Morgan fingerprint density at radius 2 is 1.88 bits per heavy atom. The summed E-state index contributed by atoms with van der Waals surface area (Å²) in [5.74, 6) is 0. The predicted octanol–water partition coefficient (Wildman–Crippen LogP) is 2.00. The molecule has 3 heteroatoms. The fourth-order valence-electron chi connectivity index (χ4n) is 2.58. The van der Waals surface area contributed by atoms with Crippen LogP contribution in [-0.2, 0) is 4.74 Å². The second-order valence-electron chi connectivity index (χ2n) is 4.75. The second-order valence-corrected chi connectivity index (χ2v) is 4.75. The van der Waals surface area contributed by atoms with E-state index in [4.69, 9.17) is 10.5 Å². The fourth-order valence-corrected chi connectivity index (χ4v) is 2.58. The third-order valence-electron chi connectivity index (χ3n) is 3.60. The average Bonchev–Trinajstić information content (AvgIpc) is 2.31. The van der Waals surface area contributed by atoms with Crippen LogP contribution in [0.25, 0.3) is 0 Å². The van der Waals surface area contributed by atoms with Gasteiger partial charge in [-0.15, -0.1) is 0 Å². The summed E-state index contributed by atoms with van der Waals surface area (Å²) >= 11 is 0. The standard InChI is InChI=1S/C13H28N2O/c1-3-15(10-5-11-16-4-2)13-8-6-12(14)7-9-13/h12-13H,3-11,14H2,1-2H3. The van der Waals surface area contributed by atoms with Crippen LogP contribution in [0, 0.1) is 0 Å². The highest BCUT2D eigenvalue weighted by Crippen LogP contribution is 2.22. The van der Waals surface area contributed by atoms with Crippen LogP contribution in [0.5, 0.6) is 0 Å². The molecule has 0 radical (unpaired) electrons. The van der Waals surface area contributed by atoms with E-state index in [9.17, 15) is 0 Å². The monoisotopic (exact) mass is 228 g/mol. The van der Waals surface area contributed by atoms with Crippen LogP contribution in [-0.4, -0.2) is 43.3 Å². The van der Waals surface area contributed by atoms with Gasteiger partial charge < -0.3 is 15.4 Å². The summed E-state index contributed by atoms with van der Waals surface area (Å²) in [4.78, 5) is 2.60. The molecule has 0 bridgehead atoms. The molecule has 0 saturated heterocycles. The Bertz CT molecular complexity index is 167. The molecule has 3 nitrogen and oxygen atoms in total. The molecule has 96 valence electrons. The van der Waals surface area contributed by atoms with Crippen molar-refractivity contribution in [2.75, 3.05) is 26.3 Å². The van der Waals surface area contributed by atoms with E-state index in [0.29, 0.717) is 6.04 Å². The van der Waals surface area contributed by atoms with Crippen LogP contribution < -0.4 is 5.73 Å². The zero-order valence-electron chi connectivity index (χ0n) is 11.0. The largest absolute Gasteiger partial charge is 0.382 e. The van der Waals surface area contributed by atoms with E-state index in [1.807, 2.05) is 0 Å². The number of rotatable bonds is 7. The molecule has 0 heterocycles. The van der Waals surface area contributed by atoms with Crippen LogP contribution in [0.4, 0.5) is 0 Å². The molecule has 1 aliphatic rings. The Morgan fingerprint density at radius 3 is 2.44 bits per heavy atom. The van der Waals surface area contributed by atoms with Crippen molar-refractivity contribution in [1.29, 1.82) is 0 Å². The molecule has 0 aliphatic heterocycles. The van der Waals surface area contributed by atoms with E-state index in [2.05, 4.69) is 18.7 Å². The van der Waals surface area contributed by atoms with Crippen molar-refractivity contribution in [2.45, 2.75) is 58.0 Å². The van der Waals surface area contributed by atoms with Crippen molar-refractivity contribution in [2.24, 2.45) is 5.73 Å². The highest BCUT2D eigenvalue weighted by Gasteiger charge is 2.22. The second kappa shape index (κ2) is 8.04. The molecule has 2 N–H and O–H groups in total. The first-order valence-electron chi connectivity index (χ1n) is 6.85. The van der Waals surface area contributed by atoms with Gasteiger partial charge in [0.05, 0.1) is 0 Å². The number of hydrogen-bond acceptors (Lipinski definition) is 3. The molecule has 1 aliphatic carbocycles. The van der Waals surface area contributed by atoms with Gasteiger partial charge in [-0.3, -0.25) is 0 Å². The molecule has 1 rings (SSSR count). The molecule has 0 unspecified atom stereocenters. The first-order chi connectivity index (χ1) is 7.77. The lowest BCUT2D eigenvalue weighted by atomic mass is 9.90. The molecule has 0 aromatic heterocycles. The van der Waals surface area contributed by atoms with E-state index < -0.39 is 0 Å². The summed E-state index contributed by atoms with van der Waals surface area (Å²) < 4.78 is 5.39. The van der Waals surface area contributed by atoms with Gasteiger partial charge >= 0.3 is 0 Å². The zero-order chi connectivity index (χ0) is 11.8. The van der Waals surface area contributed by atoms with Gasteiger partial charge in [0.2, 0.25) is 0 Å². The van der Waals surface area contributed by atoms with Crippen molar-refractivity contribution in [3.63, 3.8) is 0 Å². The van der Waals surface area contributed by atoms with Gasteiger partial charge in [-0.25, -0.2) is 0 Å². The molecule has 0 aromatic carbocycles. The van der Waals surface area contributed by atoms with Crippen molar-refractivity contribution >= 4 is 0 Å². The molecular formula is C13H28N2O. The van der Waals surface area contributed by atoms with Gasteiger partial charge in [-0.05, 0) is 45.6 Å². The lowest BCUT2D eigenvalue weighted by Gasteiger charge is -2.35. The van der Waals surface area contributed by atoms with Gasteiger partial charge in [0.25, 0.3) is 0 Å². The summed E-state index contributed by atoms with van der Waals surface area (Å²) in [6.07, 6.45) is 6.12. The number of nitrogens with two attached hydrogens (primary N) is 1. The van der Waals surface area contributed by atoms with Crippen molar-refractivity contribution < 1.29 is 4.74 Å². The van der Waals surface area contributed by atoms with Crippen LogP contribution in [0.1, 0.15) is 46.0 Å². The number of hydrogen-bond donors (Lipinski definition) is 1. The van der Waals surface area contributed by atoms with Crippen LogP contribution in [0.2, 0.25) is 0 Å². The lowest BCUT2D eigenvalue weighted by Crippen LogP contribution is -2.41. The highest BCUT2D eigenvalue weighted by molar-refractivity contribution is 4.80. The SMILES string of the molecule is CCOCCCN(CC)C1CCC(N)CC1. The van der Waals surface area contributed by atoms with E-state index >= 15 is 0 Å². The zero-order valence-corrected chi connectivity index (χ0v) is 11.0. The minimum Gasteiger partial charge on any atom is -0.382 e. The molecule has 0 spiro atoms. The minimum absolute atomic E-state index is 0.457. The fraction of sp³-hybridized carbons (Fsp3) is 1.00. The van der Waals surface area contributed by atoms with Gasteiger partial charge in [-0.1, -0.05) is 6.92 Å². The normalized spacial score (nSPS) is 26.2. The maximum atomic E-state index is 5.94. The molecule has 0 aromatic rings. The maximum Gasteiger partial charge on any atom is 0.0478 e. The Kier molecular flexibility index (Phi) is 7.01. The molecule has 0 amide bonds. The minimum atomic E-state index is 0.457. The van der Waals surface area contributed by atoms with Gasteiger partial charge in [0, 0.05) is 31.8 Å². The number of ether oxygens (including phenoxy) is 1. The summed E-state index contributed by atoms with van der Waals surface area (Å²) in [6.45, 7) is 8.39. The summed E-state index contributed by atoms with van der Waals surface area (Å²) in [7, 11) is 0. The third kappa shape index (κ3) is 4.81. The Hall–Kier alpha value is -0.120. The quantitative estimate of drug-likeness (QED) is 0.677. The summed E-state index contributed by atoms with van der Waals surface area (Å²) in [5, 5.41) is 0. The van der Waals surface area contributed by atoms with Crippen molar-refractivity contribution in [1.82, 2.24) is 4.90 Å². The van der Waals surface area contributed by atoms with E-state index in [1.165, 1.54) is 32.2 Å². The third-order valence-corrected chi connectivity index (χ3v) is 3.60. The van der Waals surface area contributed by atoms with Crippen molar-refractivity contribution in [3.05, 3.63) is 0 Å². The van der Waals surface area contributed by atoms with Crippen LogP contribution >= 0.6 is 0 Å². The molecule has 1 fully saturated rings. The van der Waals surface area contributed by atoms with Gasteiger partial charge in [0.15, 0.2) is 0 Å². The van der Waals surface area contributed by atoms with Gasteiger partial charge in [-0.2, -0.15) is 0 Å². The highest BCUT2D eigenvalue weighted by atomic mass is 16.5.